The Bertz CT molecular complexity index is 941. The fourth-order valence-corrected chi connectivity index (χ4v) is 3.88. The second kappa shape index (κ2) is 7.13. The van der Waals surface area contributed by atoms with Crippen LogP contribution in [0.3, 0.4) is 0 Å². The van der Waals surface area contributed by atoms with E-state index in [1.165, 1.54) is 24.9 Å². The third kappa shape index (κ3) is 3.11. The number of methoxy groups -OCH3 is 1. The maximum Gasteiger partial charge on any atom is 0.308 e. The van der Waals surface area contributed by atoms with E-state index >= 15 is 0 Å². The van der Waals surface area contributed by atoms with E-state index in [2.05, 4.69) is 36.8 Å². The number of carbonyl (C=O) groups excluding carboxylic acids is 2. The van der Waals surface area contributed by atoms with Gasteiger partial charge in [0.2, 0.25) is 5.60 Å². The highest BCUT2D eigenvalue weighted by Gasteiger charge is 2.60. The maximum atomic E-state index is 11.7. The number of nitrogens with two attached hydrogens (primary N) is 1. The second-order valence-electron chi connectivity index (χ2n) is 5.92. The molecule has 1 aliphatic rings. The van der Waals surface area contributed by atoms with Gasteiger partial charge in [-0.15, -0.1) is 0 Å². The summed E-state index contributed by atoms with van der Waals surface area (Å²) in [7, 11) is 1.25. The molecule has 0 saturated carbocycles. The van der Waals surface area contributed by atoms with Crippen LogP contribution in [-0.2, 0) is 29.4 Å². The topological polar surface area (TPSA) is 142 Å². The molecule has 0 spiro atoms. The lowest BCUT2D eigenvalue weighted by Gasteiger charge is -2.27. The molecular formula is C16H16BrN5O5. The average molecular weight is 438 g/mol. The first-order chi connectivity index (χ1) is 12.8. The molecule has 4 atom stereocenters. The van der Waals surface area contributed by atoms with Crippen molar-refractivity contribution in [1.82, 2.24) is 14.6 Å². The lowest BCUT2D eigenvalue weighted by molar-refractivity contribution is -0.155. The number of nitriles is 1. The molecule has 3 rings (SSSR count). The molecule has 1 fully saturated rings. The summed E-state index contributed by atoms with van der Waals surface area (Å²) in [6.07, 6.45) is -0.701. The molecular weight excluding hydrogens is 422 g/mol. The summed E-state index contributed by atoms with van der Waals surface area (Å²) in [4.78, 5) is 26.7. The van der Waals surface area contributed by atoms with Crippen molar-refractivity contribution in [2.75, 3.05) is 12.8 Å². The molecule has 1 aliphatic heterocycles. The number of hydrogen-bond acceptors (Lipinski definition) is 9. The Kier molecular flexibility index (Phi) is 5.03. The summed E-state index contributed by atoms with van der Waals surface area (Å²) >= 11 is 3.41. The molecule has 2 aromatic rings. The highest BCUT2D eigenvalue weighted by Crippen LogP contribution is 2.45. The van der Waals surface area contributed by atoms with Crippen molar-refractivity contribution in [3.8, 4) is 6.07 Å². The number of nitrogen functional groups attached to an aromatic ring is 1. The Balaban J connectivity index is 2.14. The number of anilines is 1. The quantitative estimate of drug-likeness (QED) is 0.539. The van der Waals surface area contributed by atoms with E-state index in [9.17, 15) is 14.9 Å². The molecule has 2 aromatic heterocycles. The summed E-state index contributed by atoms with van der Waals surface area (Å²) < 4.78 is 17.5. The van der Waals surface area contributed by atoms with Gasteiger partial charge in [0.15, 0.2) is 11.9 Å². The van der Waals surface area contributed by atoms with Gasteiger partial charge in [0.25, 0.3) is 0 Å². The first-order valence-corrected chi connectivity index (χ1v) is 8.81. The predicted octanol–water partition coefficient (Wildman–Crippen LogP) is 0.687. The normalized spacial score (nSPS) is 27.3. The Morgan fingerprint density at radius 1 is 1.52 bits per heavy atom. The van der Waals surface area contributed by atoms with Crippen LogP contribution in [0, 0.1) is 11.3 Å². The van der Waals surface area contributed by atoms with Crippen molar-refractivity contribution >= 4 is 39.2 Å². The van der Waals surface area contributed by atoms with Crippen LogP contribution in [0.4, 0.5) is 5.82 Å². The van der Waals surface area contributed by atoms with Crippen molar-refractivity contribution in [2.45, 2.75) is 36.0 Å². The number of aromatic nitrogens is 3. The van der Waals surface area contributed by atoms with Crippen LogP contribution in [0.25, 0.3) is 5.52 Å². The number of halogens is 1. The minimum Gasteiger partial charge on any atom is -0.469 e. The Labute approximate surface area is 162 Å². The lowest BCUT2D eigenvalue weighted by Crippen LogP contribution is -2.42. The van der Waals surface area contributed by atoms with E-state index in [0.717, 1.165) is 0 Å². The van der Waals surface area contributed by atoms with Crippen molar-refractivity contribution in [1.29, 1.82) is 5.26 Å². The zero-order chi connectivity index (χ0) is 19.8. The van der Waals surface area contributed by atoms with Gasteiger partial charge in [-0.3, -0.25) is 9.59 Å². The SMILES string of the molecule is COC(=O)C[C@H]1O[C@@](C#N)(c2ccc3c(N)ncnn23)[C@H](OC(C)=O)[C@H]1Br. The summed E-state index contributed by atoms with van der Waals surface area (Å²) in [6, 6.07) is 5.33. The lowest BCUT2D eigenvalue weighted by atomic mass is 9.93. The van der Waals surface area contributed by atoms with Crippen LogP contribution in [-0.4, -0.2) is 50.7 Å². The monoisotopic (exact) mass is 437 g/mol. The predicted molar refractivity (Wildman–Crippen MR) is 94.5 cm³/mol. The first kappa shape index (κ1) is 19.1. The second-order valence-corrected chi connectivity index (χ2v) is 6.98. The number of ether oxygens (including phenoxy) is 3. The largest absolute Gasteiger partial charge is 0.469 e. The number of nitrogens with zero attached hydrogens (tertiary/aromatic N) is 4. The number of carbonyl (C=O) groups is 2. The molecule has 3 heterocycles. The minimum absolute atomic E-state index is 0.131. The number of hydrogen-bond donors (Lipinski definition) is 1. The van der Waals surface area contributed by atoms with E-state index < -0.39 is 34.6 Å². The molecule has 0 radical (unpaired) electrons. The van der Waals surface area contributed by atoms with E-state index in [1.807, 2.05) is 0 Å². The van der Waals surface area contributed by atoms with Gasteiger partial charge in [-0.2, -0.15) is 10.4 Å². The van der Waals surface area contributed by atoms with Crippen molar-refractivity contribution in [3.63, 3.8) is 0 Å². The van der Waals surface area contributed by atoms with Gasteiger partial charge in [-0.1, -0.05) is 15.9 Å². The molecule has 10 nitrogen and oxygen atoms in total. The number of fused-ring (bicyclic) bond motifs is 1. The minimum atomic E-state index is -1.72. The van der Waals surface area contributed by atoms with Crippen LogP contribution in [0.2, 0.25) is 0 Å². The van der Waals surface area contributed by atoms with Gasteiger partial charge in [-0.25, -0.2) is 9.50 Å². The molecule has 0 amide bonds. The van der Waals surface area contributed by atoms with Crippen LogP contribution in [0.1, 0.15) is 19.0 Å². The van der Waals surface area contributed by atoms with Gasteiger partial charge in [0.05, 0.1) is 30.2 Å². The smallest absolute Gasteiger partial charge is 0.308 e. The van der Waals surface area contributed by atoms with Gasteiger partial charge >= 0.3 is 11.9 Å². The van der Waals surface area contributed by atoms with Gasteiger partial charge in [0.1, 0.15) is 17.9 Å². The van der Waals surface area contributed by atoms with Gasteiger partial charge < -0.3 is 19.9 Å². The highest BCUT2D eigenvalue weighted by atomic mass is 79.9. The zero-order valence-corrected chi connectivity index (χ0v) is 16.0. The number of alkyl halides is 1. The van der Waals surface area contributed by atoms with Gasteiger partial charge in [0, 0.05) is 6.92 Å². The summed E-state index contributed by atoms with van der Waals surface area (Å²) in [5.74, 6) is -0.902. The van der Waals surface area contributed by atoms with Crippen LogP contribution in [0.15, 0.2) is 18.5 Å². The molecule has 2 N–H and O–H groups in total. The third-order valence-electron chi connectivity index (χ3n) is 4.30. The van der Waals surface area contributed by atoms with Crippen LogP contribution >= 0.6 is 15.9 Å². The molecule has 27 heavy (non-hydrogen) atoms. The molecule has 0 aromatic carbocycles. The Morgan fingerprint density at radius 2 is 2.26 bits per heavy atom. The maximum absolute atomic E-state index is 11.7. The molecule has 0 bridgehead atoms. The Hall–Kier alpha value is -2.71. The molecule has 11 heteroatoms. The first-order valence-electron chi connectivity index (χ1n) is 7.90. The molecule has 0 aliphatic carbocycles. The van der Waals surface area contributed by atoms with Crippen molar-refractivity contribution in [3.05, 3.63) is 24.2 Å². The van der Waals surface area contributed by atoms with E-state index in [0.29, 0.717) is 11.2 Å². The summed E-state index contributed by atoms with van der Waals surface area (Å²) in [5.41, 5.74) is 4.91. The highest BCUT2D eigenvalue weighted by molar-refractivity contribution is 9.09. The van der Waals surface area contributed by atoms with E-state index in [1.54, 1.807) is 12.1 Å². The standard InChI is InChI=1S/C16H16BrN5O5/c1-8(23)26-14-13(17)10(5-12(24)25-2)27-16(14,6-18)11-4-3-9-15(19)20-7-21-22(9)11/h3-4,7,10,13-14H,5H2,1-2H3,(H2,19,20,21)/t10-,13+,14-,16+/m1/s1. The molecule has 0 unspecified atom stereocenters. The summed E-state index contributed by atoms with van der Waals surface area (Å²) in [5, 5.41) is 14.2. The average Bonchev–Trinajstić information content (AvgIpc) is 3.18. The summed E-state index contributed by atoms with van der Waals surface area (Å²) in [6.45, 7) is 1.23. The van der Waals surface area contributed by atoms with E-state index in [-0.39, 0.29) is 12.2 Å². The third-order valence-corrected chi connectivity index (χ3v) is 5.37. The van der Waals surface area contributed by atoms with Crippen LogP contribution in [0.5, 0.6) is 0 Å². The fourth-order valence-electron chi connectivity index (χ4n) is 3.11. The fraction of sp³-hybridized carbons (Fsp3) is 0.438. The number of rotatable bonds is 4. The Morgan fingerprint density at radius 3 is 2.89 bits per heavy atom. The van der Waals surface area contributed by atoms with Crippen LogP contribution < -0.4 is 5.73 Å². The molecule has 1 saturated heterocycles. The zero-order valence-electron chi connectivity index (χ0n) is 14.5. The number of esters is 2. The molecule has 142 valence electrons. The van der Waals surface area contributed by atoms with E-state index in [4.69, 9.17) is 15.2 Å². The van der Waals surface area contributed by atoms with Crippen molar-refractivity contribution < 1.29 is 23.8 Å². The van der Waals surface area contributed by atoms with Crippen molar-refractivity contribution in [2.24, 2.45) is 0 Å². The van der Waals surface area contributed by atoms with Gasteiger partial charge in [-0.05, 0) is 12.1 Å².